The van der Waals surface area contributed by atoms with Gasteiger partial charge < -0.3 is 14.8 Å². The molecule has 1 aromatic heterocycles. The van der Waals surface area contributed by atoms with Crippen molar-refractivity contribution in [3.8, 4) is 0 Å². The summed E-state index contributed by atoms with van der Waals surface area (Å²) in [6, 6.07) is 0. The fraction of sp³-hybridized carbons (Fsp3) is 0.400. The van der Waals surface area contributed by atoms with Crippen LogP contribution in [-0.4, -0.2) is 30.6 Å². The molecular weight excluding hydrogens is 304 g/mol. The van der Waals surface area contributed by atoms with Crippen molar-refractivity contribution in [2.45, 2.75) is 26.7 Å². The summed E-state index contributed by atoms with van der Waals surface area (Å²) in [5, 5.41) is 5.52. The summed E-state index contributed by atoms with van der Waals surface area (Å²) < 4.78 is 10.0. The molecule has 0 saturated heterocycles. The number of esters is 2. The van der Waals surface area contributed by atoms with Gasteiger partial charge in [-0.15, -0.1) is 11.3 Å². The van der Waals surface area contributed by atoms with Crippen LogP contribution < -0.4 is 5.32 Å². The predicted octanol–water partition coefficient (Wildman–Crippen LogP) is 2.11. The molecule has 1 unspecified atom stereocenters. The molecule has 6 nitrogen and oxygen atoms in total. The average Bonchev–Trinajstić information content (AvgIpc) is 2.99. The summed E-state index contributed by atoms with van der Waals surface area (Å²) in [7, 11) is 1.32. The van der Waals surface area contributed by atoms with Crippen molar-refractivity contribution in [1.29, 1.82) is 0 Å². The highest BCUT2D eigenvalue weighted by Crippen LogP contribution is 2.39. The van der Waals surface area contributed by atoms with Crippen molar-refractivity contribution >= 4 is 23.3 Å². The zero-order valence-electron chi connectivity index (χ0n) is 12.9. The fourth-order valence-electron chi connectivity index (χ4n) is 2.48. The Balaban J connectivity index is 2.58. The van der Waals surface area contributed by atoms with Gasteiger partial charge in [0.25, 0.3) is 0 Å². The lowest BCUT2D eigenvalue weighted by Crippen LogP contribution is -2.32. The van der Waals surface area contributed by atoms with Crippen LogP contribution in [0.4, 0.5) is 0 Å². The predicted molar refractivity (Wildman–Crippen MR) is 82.0 cm³/mol. The number of dihydropyridines is 1. The molecule has 2 heterocycles. The fourth-order valence-corrected chi connectivity index (χ4v) is 3.23. The highest BCUT2D eigenvalue weighted by molar-refractivity contribution is 7.09. The van der Waals surface area contributed by atoms with Gasteiger partial charge in [0.1, 0.15) is 5.01 Å². The summed E-state index contributed by atoms with van der Waals surface area (Å²) in [6.07, 6.45) is 1.64. The molecule has 1 N–H and O–H groups in total. The summed E-state index contributed by atoms with van der Waals surface area (Å²) in [6.45, 7) is 5.56. The Hall–Kier alpha value is -2.15. The lowest BCUT2D eigenvalue weighted by Gasteiger charge is -2.28. The second-order valence-corrected chi connectivity index (χ2v) is 5.64. The van der Waals surface area contributed by atoms with Gasteiger partial charge in [0.05, 0.1) is 30.8 Å². The molecule has 0 bridgehead atoms. The van der Waals surface area contributed by atoms with Crippen LogP contribution in [-0.2, 0) is 19.1 Å². The van der Waals surface area contributed by atoms with Crippen LogP contribution in [0, 0.1) is 0 Å². The maximum absolute atomic E-state index is 12.4. The summed E-state index contributed by atoms with van der Waals surface area (Å²) >= 11 is 1.38. The number of hydrogen-bond acceptors (Lipinski definition) is 7. The van der Waals surface area contributed by atoms with E-state index >= 15 is 0 Å². The first-order valence-corrected chi connectivity index (χ1v) is 7.72. The Morgan fingerprint density at radius 3 is 2.41 bits per heavy atom. The zero-order chi connectivity index (χ0) is 16.3. The number of hydrogen-bond donors (Lipinski definition) is 1. The minimum atomic E-state index is -0.576. The number of methoxy groups -OCH3 is 1. The Morgan fingerprint density at radius 2 is 1.91 bits per heavy atom. The van der Waals surface area contributed by atoms with Gasteiger partial charge in [0.15, 0.2) is 0 Å². The topological polar surface area (TPSA) is 77.5 Å². The quantitative estimate of drug-likeness (QED) is 0.856. The van der Waals surface area contributed by atoms with Gasteiger partial charge >= 0.3 is 11.9 Å². The minimum Gasteiger partial charge on any atom is -0.466 e. The first kappa shape index (κ1) is 16.2. The van der Waals surface area contributed by atoms with Gasteiger partial charge in [0, 0.05) is 23.0 Å². The number of carbonyl (C=O) groups is 2. The largest absolute Gasteiger partial charge is 0.466 e. The van der Waals surface area contributed by atoms with E-state index in [0.29, 0.717) is 27.5 Å². The number of nitrogens with one attached hydrogen (secondary N) is 1. The minimum absolute atomic E-state index is 0.260. The zero-order valence-corrected chi connectivity index (χ0v) is 13.7. The van der Waals surface area contributed by atoms with Gasteiger partial charge in [-0.25, -0.2) is 14.6 Å². The molecule has 0 amide bonds. The number of nitrogens with zero attached hydrogens (tertiary/aromatic N) is 1. The van der Waals surface area contributed by atoms with Gasteiger partial charge in [-0.3, -0.25) is 0 Å². The van der Waals surface area contributed by atoms with E-state index in [1.807, 2.05) is 0 Å². The van der Waals surface area contributed by atoms with Crippen LogP contribution in [0.3, 0.4) is 0 Å². The van der Waals surface area contributed by atoms with Crippen molar-refractivity contribution in [2.75, 3.05) is 13.7 Å². The number of rotatable bonds is 4. The highest BCUT2D eigenvalue weighted by atomic mass is 32.1. The molecule has 118 valence electrons. The van der Waals surface area contributed by atoms with Gasteiger partial charge in [0.2, 0.25) is 0 Å². The molecule has 0 fully saturated rings. The van der Waals surface area contributed by atoms with Crippen LogP contribution in [0.15, 0.2) is 34.1 Å². The second-order valence-electron chi connectivity index (χ2n) is 4.72. The smallest absolute Gasteiger partial charge is 0.336 e. The van der Waals surface area contributed by atoms with Crippen molar-refractivity contribution in [2.24, 2.45) is 0 Å². The molecule has 0 aliphatic carbocycles. The molecule has 0 spiro atoms. The maximum Gasteiger partial charge on any atom is 0.336 e. The Labute approximate surface area is 132 Å². The molecule has 7 heteroatoms. The van der Waals surface area contributed by atoms with E-state index in [0.717, 1.165) is 0 Å². The van der Waals surface area contributed by atoms with Crippen LogP contribution in [0.2, 0.25) is 0 Å². The summed E-state index contributed by atoms with van der Waals surface area (Å²) in [5.41, 5.74) is 2.08. The SMILES string of the molecule is CCOC(=O)C1=C(C)NC(C)=C(C(=O)OC)C1c1nccs1. The van der Waals surface area contributed by atoms with Crippen LogP contribution in [0.1, 0.15) is 31.7 Å². The van der Waals surface area contributed by atoms with Crippen molar-refractivity contribution in [3.05, 3.63) is 39.1 Å². The van der Waals surface area contributed by atoms with Crippen molar-refractivity contribution in [3.63, 3.8) is 0 Å². The number of aromatic nitrogens is 1. The maximum atomic E-state index is 12.4. The third-order valence-electron chi connectivity index (χ3n) is 3.36. The normalized spacial score (nSPS) is 18.1. The van der Waals surface area contributed by atoms with E-state index in [2.05, 4.69) is 10.3 Å². The molecule has 0 radical (unpaired) electrons. The molecular formula is C15H18N2O4S. The Bertz CT molecular complexity index is 647. The third-order valence-corrected chi connectivity index (χ3v) is 4.20. The summed E-state index contributed by atoms with van der Waals surface area (Å²) in [4.78, 5) is 28.8. The monoisotopic (exact) mass is 322 g/mol. The van der Waals surface area contributed by atoms with E-state index < -0.39 is 17.9 Å². The highest BCUT2D eigenvalue weighted by Gasteiger charge is 2.39. The molecule has 0 aromatic carbocycles. The van der Waals surface area contributed by atoms with E-state index in [4.69, 9.17) is 9.47 Å². The number of ether oxygens (including phenoxy) is 2. The number of thiazole rings is 1. The first-order chi connectivity index (χ1) is 10.5. The molecule has 1 atom stereocenters. The number of allylic oxidation sites excluding steroid dienone is 2. The van der Waals surface area contributed by atoms with Gasteiger partial charge in [-0.05, 0) is 20.8 Å². The van der Waals surface area contributed by atoms with Crippen LogP contribution >= 0.6 is 11.3 Å². The molecule has 2 rings (SSSR count). The second kappa shape index (κ2) is 6.74. The Kier molecular flexibility index (Phi) is 4.97. The number of carbonyl (C=O) groups excluding carboxylic acids is 2. The van der Waals surface area contributed by atoms with E-state index in [1.165, 1.54) is 18.4 Å². The molecule has 1 aliphatic heterocycles. The van der Waals surface area contributed by atoms with E-state index in [1.54, 1.807) is 32.3 Å². The van der Waals surface area contributed by atoms with Gasteiger partial charge in [-0.1, -0.05) is 0 Å². The first-order valence-electron chi connectivity index (χ1n) is 6.84. The molecule has 1 aliphatic rings. The van der Waals surface area contributed by atoms with E-state index in [9.17, 15) is 9.59 Å². The molecule has 1 aromatic rings. The average molecular weight is 322 g/mol. The van der Waals surface area contributed by atoms with Gasteiger partial charge in [-0.2, -0.15) is 0 Å². The van der Waals surface area contributed by atoms with Crippen molar-refractivity contribution in [1.82, 2.24) is 10.3 Å². The standard InChI is InChI=1S/C15H18N2O4S/c1-5-21-15(19)11-9(3)17-8(2)10(14(18)20-4)12(11)13-16-6-7-22-13/h6-7,12,17H,5H2,1-4H3. The summed E-state index contributed by atoms with van der Waals surface area (Å²) in [5.74, 6) is -1.52. The lowest BCUT2D eigenvalue weighted by molar-refractivity contribution is -0.139. The van der Waals surface area contributed by atoms with Crippen molar-refractivity contribution < 1.29 is 19.1 Å². The van der Waals surface area contributed by atoms with E-state index in [-0.39, 0.29) is 6.61 Å². The third kappa shape index (κ3) is 2.89. The molecule has 22 heavy (non-hydrogen) atoms. The van der Waals surface area contributed by atoms with Crippen LogP contribution in [0.5, 0.6) is 0 Å². The lowest BCUT2D eigenvalue weighted by atomic mass is 9.86. The van der Waals surface area contributed by atoms with Crippen LogP contribution in [0.25, 0.3) is 0 Å². The Morgan fingerprint density at radius 1 is 1.27 bits per heavy atom. The molecule has 0 saturated carbocycles.